The number of hydrogen-bond donors (Lipinski definition) is 1. The molecular formula is C16H18F3N3. The number of hydrogen-bond acceptors (Lipinski definition) is 3. The van der Waals surface area contributed by atoms with Crippen LogP contribution < -0.4 is 10.6 Å². The van der Waals surface area contributed by atoms with Gasteiger partial charge < -0.3 is 10.6 Å². The Bertz CT molecular complexity index is 674. The van der Waals surface area contributed by atoms with Crippen LogP contribution in [-0.4, -0.2) is 24.1 Å². The fourth-order valence-corrected chi connectivity index (χ4v) is 3.26. The van der Waals surface area contributed by atoms with Gasteiger partial charge in [0.2, 0.25) is 0 Å². The quantitative estimate of drug-likeness (QED) is 0.877. The number of fused-ring (bicyclic) bond motifs is 1. The molecule has 2 aromatic rings. The van der Waals surface area contributed by atoms with Crippen molar-refractivity contribution in [1.29, 1.82) is 0 Å². The summed E-state index contributed by atoms with van der Waals surface area (Å²) in [6.07, 6.45) is -2.07. The second-order valence-corrected chi connectivity index (χ2v) is 6.04. The molecule has 1 saturated heterocycles. The van der Waals surface area contributed by atoms with Crippen molar-refractivity contribution in [3.05, 3.63) is 36.0 Å². The predicted molar refractivity (Wildman–Crippen MR) is 80.7 cm³/mol. The summed E-state index contributed by atoms with van der Waals surface area (Å²) in [5, 5.41) is 0.527. The van der Waals surface area contributed by atoms with Crippen LogP contribution >= 0.6 is 0 Å². The maximum Gasteiger partial charge on any atom is 0.418 e. The first kappa shape index (κ1) is 15.1. The first-order valence-corrected chi connectivity index (χ1v) is 7.31. The van der Waals surface area contributed by atoms with E-state index in [0.717, 1.165) is 24.7 Å². The van der Waals surface area contributed by atoms with Crippen LogP contribution in [0.15, 0.2) is 30.5 Å². The van der Waals surface area contributed by atoms with Gasteiger partial charge in [-0.25, -0.2) is 0 Å². The number of anilines is 1. The third-order valence-corrected chi connectivity index (χ3v) is 4.08. The van der Waals surface area contributed by atoms with Gasteiger partial charge in [-0.3, -0.25) is 4.98 Å². The molecule has 0 amide bonds. The summed E-state index contributed by atoms with van der Waals surface area (Å²) in [4.78, 5) is 6.04. The Balaban J connectivity index is 2.12. The number of aromatic nitrogens is 1. The molecule has 0 spiro atoms. The predicted octanol–water partition coefficient (Wildman–Crippen LogP) is 3.43. The average Bonchev–Trinajstić information content (AvgIpc) is 2.44. The summed E-state index contributed by atoms with van der Waals surface area (Å²) in [6.45, 7) is 3.55. The highest BCUT2D eigenvalue weighted by molar-refractivity contribution is 5.94. The van der Waals surface area contributed by atoms with Gasteiger partial charge in [-0.1, -0.05) is 6.92 Å². The number of rotatable bonds is 1. The van der Waals surface area contributed by atoms with Crippen LogP contribution in [0, 0.1) is 5.92 Å². The minimum atomic E-state index is -4.41. The lowest BCUT2D eigenvalue weighted by Crippen LogP contribution is -2.46. The van der Waals surface area contributed by atoms with Crippen LogP contribution in [0.1, 0.15) is 18.9 Å². The number of benzene rings is 1. The monoisotopic (exact) mass is 309 g/mol. The van der Waals surface area contributed by atoms with Crippen LogP contribution in [0.4, 0.5) is 18.9 Å². The van der Waals surface area contributed by atoms with Gasteiger partial charge in [-0.05, 0) is 36.6 Å². The molecular weight excluding hydrogens is 291 g/mol. The van der Waals surface area contributed by atoms with E-state index in [4.69, 9.17) is 5.73 Å². The summed E-state index contributed by atoms with van der Waals surface area (Å²) >= 11 is 0. The van der Waals surface area contributed by atoms with Gasteiger partial charge in [-0.2, -0.15) is 13.2 Å². The van der Waals surface area contributed by atoms with E-state index in [9.17, 15) is 13.2 Å². The van der Waals surface area contributed by atoms with Crippen LogP contribution in [-0.2, 0) is 6.18 Å². The lowest BCUT2D eigenvalue weighted by atomic mass is 9.95. The molecule has 2 atom stereocenters. The van der Waals surface area contributed by atoms with Crippen molar-refractivity contribution in [3.63, 3.8) is 0 Å². The van der Waals surface area contributed by atoms with Crippen molar-refractivity contribution in [3.8, 4) is 0 Å². The molecule has 2 N–H and O–H groups in total. The zero-order valence-corrected chi connectivity index (χ0v) is 12.3. The van der Waals surface area contributed by atoms with E-state index < -0.39 is 11.7 Å². The summed E-state index contributed by atoms with van der Waals surface area (Å²) in [5.74, 6) is 0.415. The molecule has 0 bridgehead atoms. The van der Waals surface area contributed by atoms with Gasteiger partial charge in [0.25, 0.3) is 0 Å². The Labute approximate surface area is 126 Å². The number of nitrogens with zero attached hydrogens (tertiary/aromatic N) is 2. The van der Waals surface area contributed by atoms with E-state index in [1.54, 1.807) is 12.1 Å². The summed E-state index contributed by atoms with van der Waals surface area (Å²) in [6, 6.07) is 6.06. The van der Waals surface area contributed by atoms with Crippen molar-refractivity contribution in [2.45, 2.75) is 25.6 Å². The lowest BCUT2D eigenvalue weighted by Gasteiger charge is -2.37. The van der Waals surface area contributed by atoms with Gasteiger partial charge in [0.1, 0.15) is 0 Å². The number of piperidine rings is 1. The molecule has 3 rings (SSSR count). The Hall–Kier alpha value is -1.82. The molecule has 2 heterocycles. The first-order chi connectivity index (χ1) is 10.4. The third kappa shape index (κ3) is 2.75. The second-order valence-electron chi connectivity index (χ2n) is 6.04. The molecule has 1 aromatic heterocycles. The Kier molecular flexibility index (Phi) is 3.72. The molecule has 1 unspecified atom stereocenters. The van der Waals surface area contributed by atoms with Crippen molar-refractivity contribution in [1.82, 2.24) is 4.98 Å². The molecule has 6 heteroatoms. The zero-order chi connectivity index (χ0) is 15.9. The lowest BCUT2D eigenvalue weighted by molar-refractivity contribution is -0.136. The van der Waals surface area contributed by atoms with Gasteiger partial charge in [0.15, 0.2) is 0 Å². The Morgan fingerprint density at radius 3 is 2.68 bits per heavy atom. The van der Waals surface area contributed by atoms with E-state index in [-0.39, 0.29) is 11.6 Å². The highest BCUT2D eigenvalue weighted by atomic mass is 19.4. The van der Waals surface area contributed by atoms with Gasteiger partial charge >= 0.3 is 6.18 Å². The third-order valence-electron chi connectivity index (χ3n) is 4.08. The molecule has 118 valence electrons. The Morgan fingerprint density at radius 1 is 1.23 bits per heavy atom. The van der Waals surface area contributed by atoms with Crippen molar-refractivity contribution < 1.29 is 13.2 Å². The van der Waals surface area contributed by atoms with Crippen LogP contribution in [0.5, 0.6) is 0 Å². The number of alkyl halides is 3. The van der Waals surface area contributed by atoms with Crippen LogP contribution in [0.25, 0.3) is 10.9 Å². The highest BCUT2D eigenvalue weighted by Gasteiger charge is 2.34. The van der Waals surface area contributed by atoms with E-state index >= 15 is 0 Å². The summed E-state index contributed by atoms with van der Waals surface area (Å²) in [5.41, 5.74) is 6.14. The molecule has 22 heavy (non-hydrogen) atoms. The molecule has 1 fully saturated rings. The van der Waals surface area contributed by atoms with Gasteiger partial charge in [0.05, 0.1) is 11.1 Å². The maximum atomic E-state index is 13.1. The van der Waals surface area contributed by atoms with Crippen molar-refractivity contribution in [2.75, 3.05) is 18.0 Å². The Morgan fingerprint density at radius 2 is 2.00 bits per heavy atom. The van der Waals surface area contributed by atoms with Crippen LogP contribution in [0.3, 0.4) is 0 Å². The number of halogens is 3. The smallest absolute Gasteiger partial charge is 0.369 e. The molecule has 0 saturated carbocycles. The van der Waals surface area contributed by atoms with E-state index in [2.05, 4.69) is 16.8 Å². The second kappa shape index (κ2) is 5.43. The number of pyridine rings is 1. The summed E-state index contributed by atoms with van der Waals surface area (Å²) < 4.78 is 39.4. The molecule has 1 aromatic carbocycles. The van der Waals surface area contributed by atoms with Gasteiger partial charge in [-0.15, -0.1) is 0 Å². The van der Waals surface area contributed by atoms with Crippen molar-refractivity contribution >= 4 is 16.6 Å². The molecule has 1 aliphatic heterocycles. The van der Waals surface area contributed by atoms with Crippen molar-refractivity contribution in [2.24, 2.45) is 11.7 Å². The fraction of sp³-hybridized carbons (Fsp3) is 0.438. The van der Waals surface area contributed by atoms with Gasteiger partial charge in [0, 0.05) is 36.4 Å². The minimum absolute atomic E-state index is 0.000650. The van der Waals surface area contributed by atoms with Crippen LogP contribution in [0.2, 0.25) is 0 Å². The SMILES string of the molecule is C[C@@H]1CC(N)CN(c2ccc(C(F)(F)F)c3ncccc23)C1. The normalized spacial score (nSPS) is 23.0. The fourth-order valence-electron chi connectivity index (χ4n) is 3.26. The standard InChI is InChI=1S/C16H18F3N3/c1-10-7-11(20)9-22(8-10)14-5-4-13(16(17,18)19)15-12(14)3-2-6-21-15/h2-6,10-11H,7-9,20H2,1H3/t10-,11?/m1/s1. The molecule has 0 aliphatic carbocycles. The molecule has 1 aliphatic rings. The van der Waals surface area contributed by atoms with E-state index in [1.807, 2.05) is 0 Å². The number of nitrogens with two attached hydrogens (primary N) is 1. The largest absolute Gasteiger partial charge is 0.418 e. The first-order valence-electron chi connectivity index (χ1n) is 7.31. The van der Waals surface area contributed by atoms with E-state index in [1.165, 1.54) is 12.3 Å². The highest BCUT2D eigenvalue weighted by Crippen LogP contribution is 2.38. The zero-order valence-electron chi connectivity index (χ0n) is 12.3. The molecule has 3 nitrogen and oxygen atoms in total. The topological polar surface area (TPSA) is 42.1 Å². The molecule has 0 radical (unpaired) electrons. The summed E-state index contributed by atoms with van der Waals surface area (Å²) in [7, 11) is 0. The maximum absolute atomic E-state index is 13.1. The minimum Gasteiger partial charge on any atom is -0.369 e. The average molecular weight is 309 g/mol. The van der Waals surface area contributed by atoms with E-state index in [0.29, 0.717) is 17.8 Å².